The monoisotopic (exact) mass is 374 g/mol. The molecule has 0 N–H and O–H groups in total. The van der Waals surface area contributed by atoms with E-state index < -0.39 is 0 Å². The number of rotatable bonds is 2. The molecule has 2 aromatic carbocycles. The summed E-state index contributed by atoms with van der Waals surface area (Å²) >= 11 is 0. The zero-order chi connectivity index (χ0) is 20.1. The number of benzene rings is 2. The zero-order valence-corrected chi connectivity index (χ0v) is 18.4. The number of hydrogen-bond donors (Lipinski definition) is 0. The first-order valence-electron chi connectivity index (χ1n) is 10.8. The van der Waals surface area contributed by atoms with E-state index in [0.29, 0.717) is 0 Å². The standard InChI is InChI=1S/C26H32NO/c1-8-25(6)19-12-10-11-17-16(3)13-18-22(21(17)19)27(26(25,7)9-2)14-20-23(18)28-15-24(20,4)5/h10-14H,8-9,15H2,1-7H3/q+1. The second-order valence-corrected chi connectivity index (χ2v) is 10.0. The SMILES string of the molecule is CCC1(C)c2cccc3c(C)cc4c5c(c[n+](c4c23)C1(C)CC)C(C)(C)CO5. The van der Waals surface area contributed by atoms with Crippen LogP contribution in [0.5, 0.6) is 5.75 Å². The summed E-state index contributed by atoms with van der Waals surface area (Å²) in [6.07, 6.45) is 4.66. The molecule has 0 saturated heterocycles. The second-order valence-electron chi connectivity index (χ2n) is 10.0. The summed E-state index contributed by atoms with van der Waals surface area (Å²) in [6, 6.07) is 9.28. The summed E-state index contributed by atoms with van der Waals surface area (Å²) in [5, 5.41) is 4.11. The molecule has 2 nitrogen and oxygen atoms in total. The highest BCUT2D eigenvalue weighted by atomic mass is 16.5. The van der Waals surface area contributed by atoms with E-state index in [1.807, 2.05) is 0 Å². The average molecular weight is 375 g/mol. The van der Waals surface area contributed by atoms with Crippen molar-refractivity contribution in [2.45, 2.75) is 77.7 Å². The lowest BCUT2D eigenvalue weighted by Gasteiger charge is -2.45. The Bertz CT molecular complexity index is 1160. The molecule has 2 unspecified atom stereocenters. The molecule has 0 saturated carbocycles. The second kappa shape index (κ2) is 5.28. The smallest absolute Gasteiger partial charge is 0.224 e. The van der Waals surface area contributed by atoms with Crippen molar-refractivity contribution in [1.82, 2.24) is 0 Å². The van der Waals surface area contributed by atoms with E-state index in [1.165, 1.54) is 38.4 Å². The summed E-state index contributed by atoms with van der Waals surface area (Å²) < 4.78 is 8.95. The maximum atomic E-state index is 6.32. The van der Waals surface area contributed by atoms with Crippen LogP contribution < -0.4 is 9.30 Å². The summed E-state index contributed by atoms with van der Waals surface area (Å²) in [7, 11) is 0. The molecule has 0 radical (unpaired) electrons. The van der Waals surface area contributed by atoms with E-state index in [2.05, 4.69) is 83.5 Å². The van der Waals surface area contributed by atoms with E-state index in [9.17, 15) is 0 Å². The Morgan fingerprint density at radius 3 is 2.43 bits per heavy atom. The third kappa shape index (κ3) is 1.83. The van der Waals surface area contributed by atoms with Gasteiger partial charge < -0.3 is 4.74 Å². The molecule has 2 aliphatic heterocycles. The highest BCUT2D eigenvalue weighted by Gasteiger charge is 2.56. The van der Waals surface area contributed by atoms with Crippen LogP contribution in [0, 0.1) is 6.92 Å². The number of nitrogens with zero attached hydrogens (tertiary/aromatic N) is 1. The normalized spacial score (nSPS) is 27.4. The predicted octanol–water partition coefficient (Wildman–Crippen LogP) is 6.07. The van der Waals surface area contributed by atoms with Crippen LogP contribution in [0.25, 0.3) is 21.7 Å². The summed E-state index contributed by atoms with van der Waals surface area (Å²) in [5.74, 6) is 1.11. The topological polar surface area (TPSA) is 13.1 Å². The van der Waals surface area contributed by atoms with Gasteiger partial charge in [0.15, 0.2) is 11.7 Å². The van der Waals surface area contributed by atoms with Gasteiger partial charge in [0.05, 0.1) is 28.4 Å². The van der Waals surface area contributed by atoms with Crippen molar-refractivity contribution >= 4 is 21.7 Å². The first-order valence-corrected chi connectivity index (χ1v) is 10.8. The molecule has 2 heteroatoms. The van der Waals surface area contributed by atoms with E-state index in [0.717, 1.165) is 25.2 Å². The number of aromatic nitrogens is 1. The average Bonchev–Trinajstić information content (AvgIpc) is 3.00. The van der Waals surface area contributed by atoms with Crippen LogP contribution in [0.3, 0.4) is 0 Å². The maximum Gasteiger partial charge on any atom is 0.224 e. The molecule has 3 heterocycles. The van der Waals surface area contributed by atoms with Crippen LogP contribution in [0.2, 0.25) is 0 Å². The van der Waals surface area contributed by atoms with E-state index in [4.69, 9.17) is 4.74 Å². The van der Waals surface area contributed by atoms with Crippen molar-refractivity contribution in [2.24, 2.45) is 0 Å². The van der Waals surface area contributed by atoms with Crippen LogP contribution >= 0.6 is 0 Å². The number of hydrogen-bond acceptors (Lipinski definition) is 1. The zero-order valence-electron chi connectivity index (χ0n) is 18.4. The Labute approximate surface area is 168 Å². The third-order valence-electron chi connectivity index (χ3n) is 8.35. The highest BCUT2D eigenvalue weighted by Crippen LogP contribution is 2.52. The lowest BCUT2D eigenvalue weighted by molar-refractivity contribution is -0.751. The molecule has 1 aromatic heterocycles. The Hall–Kier alpha value is -2.09. The Morgan fingerprint density at radius 2 is 1.75 bits per heavy atom. The quantitative estimate of drug-likeness (QED) is 0.392. The molecule has 5 rings (SSSR count). The van der Waals surface area contributed by atoms with Gasteiger partial charge in [-0.2, -0.15) is 4.57 Å². The van der Waals surface area contributed by atoms with E-state index >= 15 is 0 Å². The summed E-state index contributed by atoms with van der Waals surface area (Å²) in [6.45, 7) is 17.3. The molecular weight excluding hydrogens is 342 g/mol. The number of pyridine rings is 1. The van der Waals surface area contributed by atoms with Crippen molar-refractivity contribution in [3.8, 4) is 5.75 Å². The van der Waals surface area contributed by atoms with Crippen LogP contribution in [-0.4, -0.2) is 6.61 Å². The van der Waals surface area contributed by atoms with Gasteiger partial charge in [-0.15, -0.1) is 0 Å². The van der Waals surface area contributed by atoms with Gasteiger partial charge in [-0.05, 0) is 42.8 Å². The number of aryl methyl sites for hydroxylation is 1. The molecule has 146 valence electrons. The van der Waals surface area contributed by atoms with Gasteiger partial charge in [-0.3, -0.25) is 0 Å². The fraction of sp³-hybridized carbons (Fsp3) is 0.500. The lowest BCUT2D eigenvalue weighted by Crippen LogP contribution is -2.66. The Kier molecular flexibility index (Phi) is 3.39. The minimum absolute atomic E-state index is 0.0181. The maximum absolute atomic E-state index is 6.32. The molecule has 0 aliphatic carbocycles. The minimum Gasteiger partial charge on any atom is -0.491 e. The van der Waals surface area contributed by atoms with Gasteiger partial charge in [-0.25, -0.2) is 0 Å². The molecule has 0 fully saturated rings. The third-order valence-corrected chi connectivity index (χ3v) is 8.35. The molecule has 2 atom stereocenters. The van der Waals surface area contributed by atoms with Crippen molar-refractivity contribution < 1.29 is 9.30 Å². The van der Waals surface area contributed by atoms with Gasteiger partial charge in [0.25, 0.3) is 0 Å². The van der Waals surface area contributed by atoms with Crippen LogP contribution in [0.15, 0.2) is 30.5 Å². The molecule has 28 heavy (non-hydrogen) atoms. The Morgan fingerprint density at radius 1 is 1.00 bits per heavy atom. The van der Waals surface area contributed by atoms with Crippen LogP contribution in [0.1, 0.15) is 71.1 Å². The highest BCUT2D eigenvalue weighted by molar-refractivity contribution is 6.10. The number of ether oxygens (including phenoxy) is 1. The molecule has 2 aliphatic rings. The fourth-order valence-electron chi connectivity index (χ4n) is 5.96. The summed E-state index contributed by atoms with van der Waals surface area (Å²) in [4.78, 5) is 0. The minimum atomic E-state index is 0.0181. The van der Waals surface area contributed by atoms with Crippen molar-refractivity contribution in [3.63, 3.8) is 0 Å². The van der Waals surface area contributed by atoms with Crippen molar-refractivity contribution in [2.75, 3.05) is 6.61 Å². The van der Waals surface area contributed by atoms with Gasteiger partial charge in [-0.1, -0.05) is 45.9 Å². The van der Waals surface area contributed by atoms with Crippen LogP contribution in [-0.2, 0) is 16.4 Å². The predicted molar refractivity (Wildman–Crippen MR) is 116 cm³/mol. The van der Waals surface area contributed by atoms with E-state index in [-0.39, 0.29) is 16.4 Å². The molecular formula is C26H32NO+. The largest absolute Gasteiger partial charge is 0.491 e. The molecule has 0 bridgehead atoms. The fourth-order valence-corrected chi connectivity index (χ4v) is 5.96. The first-order chi connectivity index (χ1) is 13.2. The van der Waals surface area contributed by atoms with Gasteiger partial charge in [0.2, 0.25) is 5.52 Å². The lowest BCUT2D eigenvalue weighted by atomic mass is 9.61. The van der Waals surface area contributed by atoms with Crippen molar-refractivity contribution in [3.05, 3.63) is 47.2 Å². The first kappa shape index (κ1) is 18.0. The van der Waals surface area contributed by atoms with Gasteiger partial charge in [0.1, 0.15) is 5.75 Å². The van der Waals surface area contributed by atoms with Gasteiger partial charge >= 0.3 is 0 Å². The van der Waals surface area contributed by atoms with E-state index in [1.54, 1.807) is 0 Å². The summed E-state index contributed by atoms with van der Waals surface area (Å²) in [5.41, 5.74) is 5.71. The molecule has 3 aromatic rings. The molecule has 0 spiro atoms. The molecule has 0 amide bonds. The van der Waals surface area contributed by atoms with Crippen molar-refractivity contribution in [1.29, 1.82) is 0 Å². The van der Waals surface area contributed by atoms with Crippen LogP contribution in [0.4, 0.5) is 0 Å². The van der Waals surface area contributed by atoms with Gasteiger partial charge in [0, 0.05) is 18.8 Å². The Balaban J connectivity index is 2.11. The number of fused-ring (bicyclic) bond motifs is 2.